The molecule has 0 saturated carbocycles. The normalized spacial score (nSPS) is 10.9. The lowest BCUT2D eigenvalue weighted by Crippen LogP contribution is -1.85. The lowest BCUT2D eigenvalue weighted by Gasteiger charge is -1.93. The molecule has 0 radical (unpaired) electrons. The maximum Gasteiger partial charge on any atom is 0.134 e. The van der Waals surface area contributed by atoms with Gasteiger partial charge in [-0.2, -0.15) is 0 Å². The summed E-state index contributed by atoms with van der Waals surface area (Å²) < 4.78 is 5.63. The number of hydrogen-bond donors (Lipinski definition) is 0. The monoisotopic (exact) mass is 238 g/mol. The summed E-state index contributed by atoms with van der Waals surface area (Å²) in [6, 6.07) is 8.18. The van der Waals surface area contributed by atoms with Crippen molar-refractivity contribution in [3.63, 3.8) is 0 Å². The molecule has 1 nitrogen and oxygen atoms in total. The minimum Gasteiger partial charge on any atom is -0.461 e. The molecule has 2 heteroatoms. The van der Waals surface area contributed by atoms with E-state index >= 15 is 0 Å². The van der Waals surface area contributed by atoms with Crippen molar-refractivity contribution in [3.05, 3.63) is 35.6 Å². The molecule has 1 heterocycles. The van der Waals surface area contributed by atoms with Gasteiger partial charge in [0.15, 0.2) is 0 Å². The quantitative estimate of drug-likeness (QED) is 0.728. The molecule has 0 fully saturated rings. The van der Waals surface area contributed by atoms with Gasteiger partial charge in [0.05, 0.1) is 0 Å². The second-order valence-corrected chi connectivity index (χ2v) is 3.86. The Balaban J connectivity index is 2.64. The van der Waals surface area contributed by atoms with Crippen LogP contribution in [0, 0.1) is 6.92 Å². The molecule has 0 atom stereocenters. The smallest absolute Gasteiger partial charge is 0.134 e. The van der Waals surface area contributed by atoms with Gasteiger partial charge in [-0.3, -0.25) is 0 Å². The van der Waals surface area contributed by atoms with Crippen LogP contribution in [0.4, 0.5) is 0 Å². The molecule has 2 aromatic rings. The van der Waals surface area contributed by atoms with Crippen LogP contribution >= 0.6 is 15.9 Å². The number of fused-ring (bicyclic) bond motifs is 1. The molecule has 0 spiro atoms. The Morgan fingerprint density at radius 3 is 2.85 bits per heavy atom. The van der Waals surface area contributed by atoms with E-state index in [1.165, 1.54) is 10.9 Å². The molecular formula is C11H11BrO. The van der Waals surface area contributed by atoms with Crippen LogP contribution in [0.2, 0.25) is 0 Å². The Labute approximate surface area is 85.9 Å². The molecule has 0 aliphatic rings. The van der Waals surface area contributed by atoms with E-state index in [9.17, 15) is 0 Å². The fraction of sp³-hybridized carbons (Fsp3) is 0.273. The lowest BCUT2D eigenvalue weighted by atomic mass is 10.1. The molecule has 13 heavy (non-hydrogen) atoms. The van der Waals surface area contributed by atoms with Gasteiger partial charge in [-0.15, -0.1) is 0 Å². The third kappa shape index (κ3) is 1.51. The zero-order valence-electron chi connectivity index (χ0n) is 7.51. The molecule has 1 aromatic carbocycles. The summed E-state index contributed by atoms with van der Waals surface area (Å²) in [5, 5.41) is 2.23. The van der Waals surface area contributed by atoms with E-state index in [0.29, 0.717) is 0 Å². The first-order valence-corrected chi connectivity index (χ1v) is 5.48. The number of alkyl halides is 1. The van der Waals surface area contributed by atoms with Crippen molar-refractivity contribution < 1.29 is 4.42 Å². The summed E-state index contributed by atoms with van der Waals surface area (Å²) in [5.74, 6) is 1.04. The molecular weight excluding hydrogens is 228 g/mol. The number of furan rings is 1. The first-order chi connectivity index (χ1) is 6.33. The van der Waals surface area contributed by atoms with E-state index in [1.54, 1.807) is 0 Å². The maximum atomic E-state index is 5.63. The highest BCUT2D eigenvalue weighted by atomic mass is 79.9. The largest absolute Gasteiger partial charge is 0.461 e. The molecule has 0 N–H and O–H groups in total. The van der Waals surface area contributed by atoms with Crippen molar-refractivity contribution in [2.75, 3.05) is 5.33 Å². The second-order valence-electron chi connectivity index (χ2n) is 3.07. The molecule has 0 saturated heterocycles. The minimum atomic E-state index is 0.983. The first kappa shape index (κ1) is 8.82. The maximum absolute atomic E-state index is 5.63. The zero-order valence-corrected chi connectivity index (χ0v) is 9.10. The summed E-state index contributed by atoms with van der Waals surface area (Å²) in [6.45, 7) is 2.03. The Kier molecular flexibility index (Phi) is 2.40. The van der Waals surface area contributed by atoms with Gasteiger partial charge in [0.2, 0.25) is 0 Å². The van der Waals surface area contributed by atoms with Gasteiger partial charge >= 0.3 is 0 Å². The van der Waals surface area contributed by atoms with Crippen molar-refractivity contribution in [2.24, 2.45) is 0 Å². The van der Waals surface area contributed by atoms with E-state index in [4.69, 9.17) is 4.42 Å². The fourth-order valence-corrected chi connectivity index (χ4v) is 2.02. The summed E-state index contributed by atoms with van der Waals surface area (Å²) in [7, 11) is 0. The van der Waals surface area contributed by atoms with Gasteiger partial charge in [0, 0.05) is 16.3 Å². The van der Waals surface area contributed by atoms with E-state index in [0.717, 1.165) is 23.1 Å². The van der Waals surface area contributed by atoms with Crippen LogP contribution < -0.4 is 0 Å². The van der Waals surface area contributed by atoms with Gasteiger partial charge in [-0.05, 0) is 19.4 Å². The van der Waals surface area contributed by atoms with E-state index in [-0.39, 0.29) is 0 Å². The van der Waals surface area contributed by atoms with Gasteiger partial charge < -0.3 is 4.42 Å². The van der Waals surface area contributed by atoms with Crippen molar-refractivity contribution in [3.8, 4) is 0 Å². The van der Waals surface area contributed by atoms with Crippen LogP contribution in [0.3, 0.4) is 0 Å². The van der Waals surface area contributed by atoms with E-state index in [1.807, 2.05) is 19.1 Å². The Morgan fingerprint density at radius 2 is 2.08 bits per heavy atom. The van der Waals surface area contributed by atoms with Crippen LogP contribution in [-0.4, -0.2) is 5.33 Å². The van der Waals surface area contributed by atoms with Gasteiger partial charge in [-0.25, -0.2) is 0 Å². The Hall–Kier alpha value is -0.760. The van der Waals surface area contributed by atoms with Crippen molar-refractivity contribution in [1.82, 2.24) is 0 Å². The van der Waals surface area contributed by atoms with E-state index in [2.05, 4.69) is 28.1 Å². The molecule has 0 unspecified atom stereocenters. The molecule has 68 valence electrons. The molecule has 2 rings (SSSR count). The first-order valence-electron chi connectivity index (χ1n) is 4.36. The average Bonchev–Trinajstić information content (AvgIpc) is 2.44. The summed E-state index contributed by atoms with van der Waals surface area (Å²) in [5.41, 5.74) is 2.32. The highest BCUT2D eigenvalue weighted by Crippen LogP contribution is 2.25. The standard InChI is InChI=1S/C11H11BrO/c1-8-9(6-7-12)10-4-2-3-5-11(10)13-8/h2-5H,6-7H2,1H3. The molecule has 0 aliphatic carbocycles. The van der Waals surface area contributed by atoms with Crippen molar-refractivity contribution >= 4 is 26.9 Å². The van der Waals surface area contributed by atoms with Crippen LogP contribution in [-0.2, 0) is 6.42 Å². The number of rotatable bonds is 2. The van der Waals surface area contributed by atoms with Crippen molar-refractivity contribution in [2.45, 2.75) is 13.3 Å². The molecule has 0 aliphatic heterocycles. The number of aryl methyl sites for hydroxylation is 2. The summed E-state index contributed by atoms with van der Waals surface area (Å²) in [4.78, 5) is 0. The Morgan fingerprint density at radius 1 is 1.31 bits per heavy atom. The van der Waals surface area contributed by atoms with Crippen LogP contribution in [0.15, 0.2) is 28.7 Å². The van der Waals surface area contributed by atoms with Gasteiger partial charge in [0.25, 0.3) is 0 Å². The number of benzene rings is 1. The highest BCUT2D eigenvalue weighted by Gasteiger charge is 2.08. The number of hydrogen-bond acceptors (Lipinski definition) is 1. The number of halogens is 1. The highest BCUT2D eigenvalue weighted by molar-refractivity contribution is 9.09. The van der Waals surface area contributed by atoms with E-state index < -0.39 is 0 Å². The van der Waals surface area contributed by atoms with Crippen molar-refractivity contribution in [1.29, 1.82) is 0 Å². The minimum absolute atomic E-state index is 0.983. The average molecular weight is 239 g/mol. The fourth-order valence-electron chi connectivity index (χ4n) is 1.63. The van der Waals surface area contributed by atoms with Gasteiger partial charge in [-0.1, -0.05) is 34.1 Å². The SMILES string of the molecule is Cc1oc2ccccc2c1CCBr. The molecule has 1 aromatic heterocycles. The van der Waals surface area contributed by atoms with Crippen LogP contribution in [0.25, 0.3) is 11.0 Å². The third-order valence-corrected chi connectivity index (χ3v) is 2.64. The molecule has 0 bridgehead atoms. The lowest BCUT2D eigenvalue weighted by molar-refractivity contribution is 0.573. The third-order valence-electron chi connectivity index (χ3n) is 2.24. The molecule has 0 amide bonds. The number of para-hydroxylation sites is 1. The second kappa shape index (κ2) is 3.54. The van der Waals surface area contributed by atoms with Crippen LogP contribution in [0.5, 0.6) is 0 Å². The summed E-state index contributed by atoms with van der Waals surface area (Å²) in [6.07, 6.45) is 1.03. The predicted molar refractivity (Wildman–Crippen MR) is 58.4 cm³/mol. The zero-order chi connectivity index (χ0) is 9.26. The van der Waals surface area contributed by atoms with Crippen LogP contribution in [0.1, 0.15) is 11.3 Å². The topological polar surface area (TPSA) is 13.1 Å². The van der Waals surface area contributed by atoms with Gasteiger partial charge in [0.1, 0.15) is 11.3 Å². The predicted octanol–water partition coefficient (Wildman–Crippen LogP) is 3.68. The Bertz CT molecular complexity index is 417. The summed E-state index contributed by atoms with van der Waals surface area (Å²) >= 11 is 3.45.